The zero-order chi connectivity index (χ0) is 19.2. The lowest BCUT2D eigenvalue weighted by atomic mass is 10.0. The van der Waals surface area contributed by atoms with Gasteiger partial charge in [0.15, 0.2) is 5.89 Å². The molecule has 6 nitrogen and oxygen atoms in total. The number of nitrogens with one attached hydrogen (secondary N) is 1. The third kappa shape index (κ3) is 5.09. The normalized spacial score (nSPS) is 16.3. The number of oxazole rings is 1. The number of anilines is 1. The molecule has 6 heteroatoms. The first kappa shape index (κ1) is 19.4. The fourth-order valence-electron chi connectivity index (χ4n) is 3.32. The van der Waals surface area contributed by atoms with Crippen LogP contribution < -0.4 is 5.32 Å². The van der Waals surface area contributed by atoms with E-state index in [-0.39, 0.29) is 6.04 Å². The van der Waals surface area contributed by atoms with Gasteiger partial charge in [0.1, 0.15) is 6.07 Å². The molecule has 0 spiro atoms. The molecule has 27 heavy (non-hydrogen) atoms. The number of rotatable bonds is 7. The third-order valence-corrected chi connectivity index (χ3v) is 4.76. The zero-order valence-corrected chi connectivity index (χ0v) is 16.4. The van der Waals surface area contributed by atoms with E-state index in [0.29, 0.717) is 29.9 Å². The lowest BCUT2D eigenvalue weighted by Crippen LogP contribution is -2.41. The van der Waals surface area contributed by atoms with Gasteiger partial charge in [0.05, 0.1) is 19.3 Å². The van der Waals surface area contributed by atoms with Crippen LogP contribution in [-0.2, 0) is 11.2 Å². The number of ether oxygens (including phenoxy) is 1. The lowest BCUT2D eigenvalue weighted by molar-refractivity contribution is 0.0186. The average molecular weight is 368 g/mol. The summed E-state index contributed by atoms with van der Waals surface area (Å²) in [7, 11) is 0. The van der Waals surface area contributed by atoms with Gasteiger partial charge in [-0.05, 0) is 18.4 Å². The second kappa shape index (κ2) is 9.03. The van der Waals surface area contributed by atoms with Crippen LogP contribution in [0.1, 0.15) is 42.6 Å². The van der Waals surface area contributed by atoms with E-state index in [9.17, 15) is 5.26 Å². The molecule has 0 aliphatic carbocycles. The number of aryl methyl sites for hydroxylation is 1. The highest BCUT2D eigenvalue weighted by molar-refractivity contribution is 5.45. The summed E-state index contributed by atoms with van der Waals surface area (Å²) in [5.74, 6) is 1.51. The van der Waals surface area contributed by atoms with Gasteiger partial charge in [0.25, 0.3) is 0 Å². The van der Waals surface area contributed by atoms with E-state index < -0.39 is 0 Å². The van der Waals surface area contributed by atoms with E-state index in [0.717, 1.165) is 32.7 Å². The van der Waals surface area contributed by atoms with Gasteiger partial charge in [-0.2, -0.15) is 5.26 Å². The van der Waals surface area contributed by atoms with Crippen LogP contribution >= 0.6 is 0 Å². The van der Waals surface area contributed by atoms with Crippen LogP contribution in [0.15, 0.2) is 28.7 Å². The number of aromatic nitrogens is 1. The highest BCUT2D eigenvalue weighted by Gasteiger charge is 2.24. The molecule has 1 N–H and O–H groups in total. The molecule has 1 atom stereocenters. The molecule has 1 aromatic carbocycles. The molecule has 1 aromatic heterocycles. The second-order valence-corrected chi connectivity index (χ2v) is 7.45. The first-order valence-electron chi connectivity index (χ1n) is 9.59. The van der Waals surface area contributed by atoms with E-state index in [1.165, 1.54) is 11.1 Å². The molecular formula is C21H28N4O2. The van der Waals surface area contributed by atoms with Crippen molar-refractivity contribution in [2.24, 2.45) is 5.92 Å². The summed E-state index contributed by atoms with van der Waals surface area (Å²) < 4.78 is 11.3. The maximum Gasteiger partial charge on any atom is 0.232 e. The first-order valence-corrected chi connectivity index (χ1v) is 9.59. The number of nitriles is 1. The summed E-state index contributed by atoms with van der Waals surface area (Å²) >= 11 is 0. The second-order valence-electron chi connectivity index (χ2n) is 7.45. The molecule has 1 aliphatic rings. The predicted molar refractivity (Wildman–Crippen MR) is 105 cm³/mol. The Bertz CT molecular complexity index is 770. The zero-order valence-electron chi connectivity index (χ0n) is 16.4. The topological polar surface area (TPSA) is 74.3 Å². The van der Waals surface area contributed by atoms with Crippen molar-refractivity contribution >= 4 is 5.88 Å². The largest absolute Gasteiger partial charge is 0.424 e. The molecule has 144 valence electrons. The minimum absolute atomic E-state index is 0.180. The number of nitrogens with zero attached hydrogens (tertiary/aromatic N) is 3. The van der Waals surface area contributed by atoms with Gasteiger partial charge in [-0.25, -0.2) is 4.98 Å². The van der Waals surface area contributed by atoms with Crippen molar-refractivity contribution in [3.8, 4) is 6.07 Å². The standard InChI is InChI=1S/C21H28N4O2/c1-15(2)12-20-24-18(13-22)21(27-20)23-14-19(25-8-10-26-11-9-25)17-6-4-16(3)5-7-17/h4-7,15,19,23H,8-12,14H2,1-3H3. The summed E-state index contributed by atoms with van der Waals surface area (Å²) in [5, 5.41) is 12.7. The van der Waals surface area contributed by atoms with Gasteiger partial charge in [-0.1, -0.05) is 43.7 Å². The fraction of sp³-hybridized carbons (Fsp3) is 0.524. The van der Waals surface area contributed by atoms with Gasteiger partial charge in [0.2, 0.25) is 11.6 Å². The minimum Gasteiger partial charge on any atom is -0.424 e. The van der Waals surface area contributed by atoms with Crippen LogP contribution in [-0.4, -0.2) is 42.7 Å². The summed E-state index contributed by atoms with van der Waals surface area (Å²) in [6.45, 7) is 10.2. The molecule has 0 bridgehead atoms. The smallest absolute Gasteiger partial charge is 0.232 e. The van der Waals surface area contributed by atoms with Crippen molar-refractivity contribution in [2.75, 3.05) is 38.2 Å². The van der Waals surface area contributed by atoms with Gasteiger partial charge in [0, 0.05) is 26.1 Å². The number of morpholine rings is 1. The van der Waals surface area contributed by atoms with E-state index in [2.05, 4.69) is 66.3 Å². The molecule has 2 heterocycles. The van der Waals surface area contributed by atoms with Crippen molar-refractivity contribution in [1.82, 2.24) is 9.88 Å². The molecule has 3 rings (SSSR count). The maximum atomic E-state index is 9.39. The van der Waals surface area contributed by atoms with Crippen molar-refractivity contribution in [1.29, 1.82) is 5.26 Å². The molecule has 1 unspecified atom stereocenters. The van der Waals surface area contributed by atoms with Gasteiger partial charge < -0.3 is 14.5 Å². The van der Waals surface area contributed by atoms with Crippen LogP contribution in [0, 0.1) is 24.2 Å². The Hall–Kier alpha value is -2.36. The van der Waals surface area contributed by atoms with Gasteiger partial charge in [-0.3, -0.25) is 4.90 Å². The summed E-state index contributed by atoms with van der Waals surface area (Å²) in [4.78, 5) is 6.74. The molecule has 1 saturated heterocycles. The van der Waals surface area contributed by atoms with Crippen LogP contribution in [0.5, 0.6) is 0 Å². The van der Waals surface area contributed by atoms with Gasteiger partial charge in [-0.15, -0.1) is 0 Å². The van der Waals surface area contributed by atoms with Crippen LogP contribution in [0.3, 0.4) is 0 Å². The van der Waals surface area contributed by atoms with E-state index >= 15 is 0 Å². The Labute approximate surface area is 161 Å². The van der Waals surface area contributed by atoms with E-state index in [4.69, 9.17) is 9.15 Å². The van der Waals surface area contributed by atoms with Crippen LogP contribution in [0.25, 0.3) is 0 Å². The number of benzene rings is 1. The van der Waals surface area contributed by atoms with Crippen molar-refractivity contribution < 1.29 is 9.15 Å². The van der Waals surface area contributed by atoms with E-state index in [1.54, 1.807) is 0 Å². The Balaban J connectivity index is 1.77. The Morgan fingerprint density at radius 3 is 2.56 bits per heavy atom. The number of hydrogen-bond donors (Lipinski definition) is 1. The molecule has 2 aromatic rings. The summed E-state index contributed by atoms with van der Waals surface area (Å²) in [6, 6.07) is 10.9. The van der Waals surface area contributed by atoms with Gasteiger partial charge >= 0.3 is 0 Å². The van der Waals surface area contributed by atoms with Crippen molar-refractivity contribution in [3.63, 3.8) is 0 Å². The SMILES string of the molecule is Cc1ccc(C(CNc2oc(CC(C)C)nc2C#N)N2CCOCC2)cc1. The predicted octanol–water partition coefficient (Wildman–Crippen LogP) is 3.54. The third-order valence-electron chi connectivity index (χ3n) is 4.76. The molecule has 0 amide bonds. The first-order chi connectivity index (χ1) is 13.1. The monoisotopic (exact) mass is 368 g/mol. The Morgan fingerprint density at radius 2 is 1.93 bits per heavy atom. The fourth-order valence-corrected chi connectivity index (χ4v) is 3.32. The van der Waals surface area contributed by atoms with Crippen LogP contribution in [0.2, 0.25) is 0 Å². The van der Waals surface area contributed by atoms with Crippen molar-refractivity contribution in [2.45, 2.75) is 33.2 Å². The Morgan fingerprint density at radius 1 is 1.22 bits per heavy atom. The van der Waals surface area contributed by atoms with Crippen LogP contribution in [0.4, 0.5) is 5.88 Å². The maximum absolute atomic E-state index is 9.39. The highest BCUT2D eigenvalue weighted by atomic mass is 16.5. The minimum atomic E-state index is 0.180. The molecular weight excluding hydrogens is 340 g/mol. The molecule has 1 aliphatic heterocycles. The average Bonchev–Trinajstić information content (AvgIpc) is 3.05. The van der Waals surface area contributed by atoms with E-state index in [1.807, 2.05) is 0 Å². The summed E-state index contributed by atoms with van der Waals surface area (Å²) in [5.41, 5.74) is 2.82. The molecule has 0 radical (unpaired) electrons. The lowest BCUT2D eigenvalue weighted by Gasteiger charge is -2.35. The number of hydrogen-bond acceptors (Lipinski definition) is 6. The molecule has 1 fully saturated rings. The van der Waals surface area contributed by atoms with Crippen molar-refractivity contribution in [3.05, 3.63) is 47.0 Å². The quantitative estimate of drug-likeness (QED) is 0.806. The highest BCUT2D eigenvalue weighted by Crippen LogP contribution is 2.25. The Kier molecular flexibility index (Phi) is 6.49. The summed E-state index contributed by atoms with van der Waals surface area (Å²) in [6.07, 6.45) is 0.723. The molecule has 0 saturated carbocycles.